The standard InChI is InChI=1S/C11H12F3NO2/c1-6-3-4-8(11(12,13)14)5-9(6)15-7(2)10(16)17/h3-5,7,15H,1-2H3,(H,16,17). The van der Waals surface area contributed by atoms with Crippen LogP contribution in [0.25, 0.3) is 0 Å². The van der Waals surface area contributed by atoms with E-state index in [-0.39, 0.29) is 5.69 Å². The van der Waals surface area contributed by atoms with Crippen LogP contribution in [-0.2, 0) is 11.0 Å². The Morgan fingerprint density at radius 2 is 2.00 bits per heavy atom. The first-order valence-corrected chi connectivity index (χ1v) is 4.89. The zero-order valence-electron chi connectivity index (χ0n) is 9.30. The van der Waals surface area contributed by atoms with Crippen LogP contribution in [0.3, 0.4) is 0 Å². The van der Waals surface area contributed by atoms with Gasteiger partial charge < -0.3 is 10.4 Å². The van der Waals surface area contributed by atoms with Crippen LogP contribution in [0, 0.1) is 6.92 Å². The van der Waals surface area contributed by atoms with Gasteiger partial charge in [0.2, 0.25) is 0 Å². The molecule has 0 fully saturated rings. The van der Waals surface area contributed by atoms with Crippen molar-refractivity contribution in [2.45, 2.75) is 26.1 Å². The second-order valence-corrected chi connectivity index (χ2v) is 3.73. The number of anilines is 1. The molecule has 0 saturated carbocycles. The molecule has 2 N–H and O–H groups in total. The van der Waals surface area contributed by atoms with Gasteiger partial charge in [-0.25, -0.2) is 0 Å². The number of hydrogen-bond acceptors (Lipinski definition) is 2. The number of carboxylic acid groups (broad SMARTS) is 1. The van der Waals surface area contributed by atoms with Crippen molar-refractivity contribution in [1.29, 1.82) is 0 Å². The number of nitrogens with one attached hydrogen (secondary N) is 1. The van der Waals surface area contributed by atoms with Gasteiger partial charge in [-0.15, -0.1) is 0 Å². The van der Waals surface area contributed by atoms with E-state index in [1.165, 1.54) is 13.0 Å². The van der Waals surface area contributed by atoms with E-state index < -0.39 is 23.8 Å². The van der Waals surface area contributed by atoms with Gasteiger partial charge in [-0.1, -0.05) is 6.07 Å². The van der Waals surface area contributed by atoms with Crippen LogP contribution in [0.1, 0.15) is 18.1 Å². The zero-order valence-corrected chi connectivity index (χ0v) is 9.30. The van der Waals surface area contributed by atoms with Crippen molar-refractivity contribution in [3.05, 3.63) is 29.3 Å². The topological polar surface area (TPSA) is 49.3 Å². The Kier molecular flexibility index (Phi) is 3.65. The monoisotopic (exact) mass is 247 g/mol. The Morgan fingerprint density at radius 1 is 1.41 bits per heavy atom. The van der Waals surface area contributed by atoms with Gasteiger partial charge in [0.25, 0.3) is 0 Å². The number of halogens is 3. The molecule has 0 aliphatic heterocycles. The van der Waals surface area contributed by atoms with Gasteiger partial charge in [0.15, 0.2) is 0 Å². The molecule has 0 amide bonds. The van der Waals surface area contributed by atoms with E-state index in [2.05, 4.69) is 5.32 Å². The van der Waals surface area contributed by atoms with Crippen LogP contribution < -0.4 is 5.32 Å². The van der Waals surface area contributed by atoms with Crippen molar-refractivity contribution in [2.75, 3.05) is 5.32 Å². The van der Waals surface area contributed by atoms with Crippen LogP contribution >= 0.6 is 0 Å². The molecule has 0 aliphatic carbocycles. The number of hydrogen-bond donors (Lipinski definition) is 2. The van der Waals surface area contributed by atoms with E-state index in [1.807, 2.05) is 0 Å². The average Bonchev–Trinajstić information content (AvgIpc) is 2.19. The third-order valence-electron chi connectivity index (χ3n) is 2.31. The van der Waals surface area contributed by atoms with E-state index in [0.29, 0.717) is 5.56 Å². The van der Waals surface area contributed by atoms with E-state index in [1.54, 1.807) is 6.92 Å². The summed E-state index contributed by atoms with van der Waals surface area (Å²) in [5, 5.41) is 11.2. The third kappa shape index (κ3) is 3.37. The fourth-order valence-corrected chi connectivity index (χ4v) is 1.25. The van der Waals surface area contributed by atoms with Crippen molar-refractivity contribution in [2.24, 2.45) is 0 Å². The molecule has 1 atom stereocenters. The fraction of sp³-hybridized carbons (Fsp3) is 0.364. The molecular weight excluding hydrogens is 235 g/mol. The van der Waals surface area contributed by atoms with Crippen molar-refractivity contribution in [3.8, 4) is 0 Å². The maximum absolute atomic E-state index is 12.5. The van der Waals surface area contributed by atoms with Crippen LogP contribution in [0.4, 0.5) is 18.9 Å². The molecule has 17 heavy (non-hydrogen) atoms. The minimum Gasteiger partial charge on any atom is -0.480 e. The number of carboxylic acids is 1. The van der Waals surface area contributed by atoms with Crippen LogP contribution in [-0.4, -0.2) is 17.1 Å². The van der Waals surface area contributed by atoms with Gasteiger partial charge in [-0.05, 0) is 31.5 Å². The largest absolute Gasteiger partial charge is 0.480 e. The predicted molar refractivity (Wildman–Crippen MR) is 56.9 cm³/mol. The van der Waals surface area contributed by atoms with Crippen LogP contribution in [0.2, 0.25) is 0 Å². The number of rotatable bonds is 3. The van der Waals surface area contributed by atoms with Gasteiger partial charge in [0.1, 0.15) is 6.04 Å². The summed E-state index contributed by atoms with van der Waals surface area (Å²) in [6.07, 6.45) is -4.43. The summed E-state index contributed by atoms with van der Waals surface area (Å²) in [4.78, 5) is 10.6. The highest BCUT2D eigenvalue weighted by Gasteiger charge is 2.31. The molecule has 0 radical (unpaired) electrons. The number of alkyl halides is 3. The second kappa shape index (κ2) is 4.65. The number of aliphatic carboxylic acids is 1. The van der Waals surface area contributed by atoms with Gasteiger partial charge in [0.05, 0.1) is 5.56 Å². The molecule has 0 bridgehead atoms. The number of carbonyl (C=O) groups is 1. The first kappa shape index (κ1) is 13.3. The highest BCUT2D eigenvalue weighted by Crippen LogP contribution is 2.32. The zero-order chi connectivity index (χ0) is 13.2. The molecule has 0 spiro atoms. The van der Waals surface area contributed by atoms with Crippen molar-refractivity contribution in [1.82, 2.24) is 0 Å². The van der Waals surface area contributed by atoms with E-state index in [9.17, 15) is 18.0 Å². The molecule has 94 valence electrons. The van der Waals surface area contributed by atoms with Crippen molar-refractivity contribution >= 4 is 11.7 Å². The van der Waals surface area contributed by atoms with Crippen LogP contribution in [0.5, 0.6) is 0 Å². The lowest BCUT2D eigenvalue weighted by Crippen LogP contribution is -2.26. The Morgan fingerprint density at radius 3 is 2.47 bits per heavy atom. The Balaban J connectivity index is 3.03. The summed E-state index contributed by atoms with van der Waals surface area (Å²) in [6.45, 7) is 2.97. The summed E-state index contributed by atoms with van der Waals surface area (Å²) >= 11 is 0. The van der Waals surface area contributed by atoms with Crippen molar-refractivity contribution < 1.29 is 23.1 Å². The minimum absolute atomic E-state index is 0.176. The van der Waals surface area contributed by atoms with Gasteiger partial charge >= 0.3 is 12.1 Å². The molecule has 1 unspecified atom stereocenters. The summed E-state index contributed by atoms with van der Waals surface area (Å²) in [5.41, 5.74) is -0.0657. The predicted octanol–water partition coefficient (Wildman–Crippen LogP) is 2.90. The lowest BCUT2D eigenvalue weighted by Gasteiger charge is -2.15. The number of aryl methyl sites for hydroxylation is 1. The van der Waals surface area contributed by atoms with E-state index >= 15 is 0 Å². The summed E-state index contributed by atoms with van der Waals surface area (Å²) in [6, 6.07) is 2.23. The van der Waals surface area contributed by atoms with E-state index in [0.717, 1.165) is 12.1 Å². The summed E-state index contributed by atoms with van der Waals surface area (Å²) < 4.78 is 37.4. The molecule has 1 aromatic rings. The summed E-state index contributed by atoms with van der Waals surface area (Å²) in [7, 11) is 0. The first-order chi connectivity index (χ1) is 7.71. The highest BCUT2D eigenvalue weighted by molar-refractivity contribution is 5.77. The molecule has 0 aliphatic rings. The Labute approximate surface area is 96.3 Å². The SMILES string of the molecule is Cc1ccc(C(F)(F)F)cc1NC(C)C(=O)O. The minimum atomic E-state index is -4.43. The second-order valence-electron chi connectivity index (χ2n) is 3.73. The Hall–Kier alpha value is -1.72. The third-order valence-corrected chi connectivity index (χ3v) is 2.31. The van der Waals surface area contributed by atoms with Gasteiger partial charge in [0, 0.05) is 5.69 Å². The Bertz CT molecular complexity index is 429. The van der Waals surface area contributed by atoms with Crippen LogP contribution in [0.15, 0.2) is 18.2 Å². The molecule has 6 heteroatoms. The molecule has 0 heterocycles. The molecular formula is C11H12F3NO2. The van der Waals surface area contributed by atoms with Gasteiger partial charge in [-0.3, -0.25) is 4.79 Å². The van der Waals surface area contributed by atoms with E-state index in [4.69, 9.17) is 5.11 Å². The molecule has 1 rings (SSSR count). The number of benzene rings is 1. The molecule has 3 nitrogen and oxygen atoms in total. The van der Waals surface area contributed by atoms with Crippen molar-refractivity contribution in [3.63, 3.8) is 0 Å². The lowest BCUT2D eigenvalue weighted by molar-refractivity contribution is -0.138. The normalized spacial score (nSPS) is 13.2. The quantitative estimate of drug-likeness (QED) is 0.863. The summed E-state index contributed by atoms with van der Waals surface area (Å²) in [5.74, 6) is -1.12. The first-order valence-electron chi connectivity index (χ1n) is 4.89. The fourth-order valence-electron chi connectivity index (χ4n) is 1.25. The maximum Gasteiger partial charge on any atom is 0.416 e. The molecule has 0 aromatic heterocycles. The molecule has 1 aromatic carbocycles. The maximum atomic E-state index is 12.5. The van der Waals surface area contributed by atoms with Gasteiger partial charge in [-0.2, -0.15) is 13.2 Å². The molecule has 0 saturated heterocycles. The lowest BCUT2D eigenvalue weighted by atomic mass is 10.1. The smallest absolute Gasteiger partial charge is 0.416 e. The highest BCUT2D eigenvalue weighted by atomic mass is 19.4. The average molecular weight is 247 g/mol.